The summed E-state index contributed by atoms with van der Waals surface area (Å²) >= 11 is 0. The van der Waals surface area contributed by atoms with Gasteiger partial charge in [-0.25, -0.2) is 4.98 Å². The van der Waals surface area contributed by atoms with Gasteiger partial charge in [0.2, 0.25) is 5.95 Å². The molecule has 10 nitrogen and oxygen atoms in total. The zero-order valence-corrected chi connectivity index (χ0v) is 22.0. The maximum Gasteiger partial charge on any atom is 0.387 e. The molecule has 4 N–H and O–H groups in total. The number of amides is 1. The molecule has 3 aliphatic rings. The Morgan fingerprint density at radius 3 is 2.72 bits per heavy atom. The molecule has 3 aromatic rings. The van der Waals surface area contributed by atoms with Crippen LogP contribution >= 0.6 is 0 Å². The van der Waals surface area contributed by atoms with E-state index in [9.17, 15) is 13.6 Å². The zero-order chi connectivity index (χ0) is 27.1. The number of aromatic nitrogens is 4. The van der Waals surface area contributed by atoms with Gasteiger partial charge in [0.25, 0.3) is 5.91 Å². The van der Waals surface area contributed by atoms with Crippen LogP contribution in [-0.2, 0) is 6.54 Å². The van der Waals surface area contributed by atoms with Crippen LogP contribution in [0.15, 0.2) is 24.4 Å². The van der Waals surface area contributed by atoms with Crippen LogP contribution in [-0.4, -0.2) is 69.9 Å². The number of piperidine rings is 1. The molecule has 3 heterocycles. The number of anilines is 2. The number of hydrogen-bond donors (Lipinski definition) is 3. The molecular weight excluding hydrogens is 506 g/mol. The first-order chi connectivity index (χ1) is 18.8. The molecule has 0 unspecified atom stereocenters. The third-order valence-electron chi connectivity index (χ3n) is 8.38. The van der Waals surface area contributed by atoms with E-state index in [0.717, 1.165) is 32.5 Å². The van der Waals surface area contributed by atoms with Crippen molar-refractivity contribution in [3.8, 4) is 5.75 Å². The van der Waals surface area contributed by atoms with Gasteiger partial charge in [-0.3, -0.25) is 9.48 Å². The number of rotatable bonds is 9. The molecule has 2 saturated carbocycles. The van der Waals surface area contributed by atoms with Gasteiger partial charge in [0.1, 0.15) is 16.8 Å². The van der Waals surface area contributed by atoms with E-state index in [-0.39, 0.29) is 35.8 Å². The molecule has 0 atom stereocenters. The average molecular weight is 541 g/mol. The minimum absolute atomic E-state index is 0.0522. The Morgan fingerprint density at radius 1 is 1.23 bits per heavy atom. The summed E-state index contributed by atoms with van der Waals surface area (Å²) in [6.07, 6.45) is 8.41. The van der Waals surface area contributed by atoms with Crippen molar-refractivity contribution in [2.24, 2.45) is 11.3 Å². The Kier molecular flexibility index (Phi) is 6.74. The van der Waals surface area contributed by atoms with E-state index < -0.39 is 6.61 Å². The van der Waals surface area contributed by atoms with Crippen LogP contribution in [0.2, 0.25) is 0 Å². The molecule has 39 heavy (non-hydrogen) atoms. The normalized spacial score (nSPS) is 19.4. The van der Waals surface area contributed by atoms with Gasteiger partial charge in [0, 0.05) is 23.7 Å². The van der Waals surface area contributed by atoms with E-state index >= 15 is 0 Å². The van der Waals surface area contributed by atoms with E-state index in [2.05, 4.69) is 30.6 Å². The second-order valence-electron chi connectivity index (χ2n) is 11.4. The van der Waals surface area contributed by atoms with Crippen molar-refractivity contribution in [2.45, 2.75) is 57.7 Å². The number of nitrogens with zero attached hydrogens (tertiary/aromatic N) is 5. The van der Waals surface area contributed by atoms with Gasteiger partial charge >= 0.3 is 6.61 Å². The van der Waals surface area contributed by atoms with Crippen LogP contribution in [0.4, 0.5) is 20.5 Å². The lowest BCUT2D eigenvalue weighted by molar-refractivity contribution is -0.0505. The van der Waals surface area contributed by atoms with Crippen molar-refractivity contribution in [2.75, 3.05) is 37.7 Å². The molecule has 1 spiro atoms. The third kappa shape index (κ3) is 5.61. The van der Waals surface area contributed by atoms with E-state index in [0.29, 0.717) is 33.7 Å². The smallest absolute Gasteiger partial charge is 0.387 e. The van der Waals surface area contributed by atoms with Gasteiger partial charge in [0.05, 0.1) is 12.7 Å². The maximum absolute atomic E-state index is 13.4. The Hall–Kier alpha value is -3.54. The summed E-state index contributed by atoms with van der Waals surface area (Å²) < 4.78 is 33.2. The minimum Gasteiger partial charge on any atom is -0.434 e. The number of carbonyl (C=O) groups excluding carboxylic acids is 1. The fourth-order valence-corrected chi connectivity index (χ4v) is 6.01. The highest BCUT2D eigenvalue weighted by Gasteiger charge is 2.52. The van der Waals surface area contributed by atoms with Gasteiger partial charge in [-0.15, -0.1) is 0 Å². The van der Waals surface area contributed by atoms with Crippen LogP contribution in [0.25, 0.3) is 11.0 Å². The Bertz CT molecular complexity index is 1360. The fraction of sp³-hybridized carbons (Fsp3) is 0.556. The van der Waals surface area contributed by atoms with Crippen LogP contribution in [0.3, 0.4) is 0 Å². The van der Waals surface area contributed by atoms with Crippen LogP contribution < -0.4 is 21.1 Å². The number of nitrogen functional groups attached to an aromatic ring is 1. The van der Waals surface area contributed by atoms with Crippen molar-refractivity contribution in [1.82, 2.24) is 30.0 Å². The summed E-state index contributed by atoms with van der Waals surface area (Å²) in [5, 5.41) is 10.9. The van der Waals surface area contributed by atoms with Crippen molar-refractivity contribution in [3.63, 3.8) is 0 Å². The average Bonchev–Trinajstić information content (AvgIpc) is 3.58. The number of fused-ring (bicyclic) bond motifs is 1. The Labute approximate surface area is 225 Å². The number of alkyl halides is 2. The molecule has 1 aromatic carbocycles. The number of carbonyl (C=O) groups is 1. The van der Waals surface area contributed by atoms with E-state index in [1.165, 1.54) is 31.7 Å². The van der Waals surface area contributed by atoms with Crippen molar-refractivity contribution in [3.05, 3.63) is 35.5 Å². The molecule has 2 aliphatic carbocycles. The third-order valence-corrected chi connectivity index (χ3v) is 8.38. The highest BCUT2D eigenvalue weighted by Crippen LogP contribution is 2.63. The predicted molar refractivity (Wildman–Crippen MR) is 143 cm³/mol. The molecule has 1 amide bonds. The molecule has 6 rings (SSSR count). The monoisotopic (exact) mass is 540 g/mol. The minimum atomic E-state index is -3.04. The molecule has 1 aliphatic heterocycles. The van der Waals surface area contributed by atoms with Gasteiger partial charge in [-0.1, -0.05) is 6.07 Å². The second-order valence-corrected chi connectivity index (χ2v) is 11.4. The molecule has 2 aromatic heterocycles. The first-order valence-electron chi connectivity index (χ1n) is 13.6. The van der Waals surface area contributed by atoms with Crippen molar-refractivity contribution < 1.29 is 18.3 Å². The van der Waals surface area contributed by atoms with Crippen molar-refractivity contribution in [1.29, 1.82) is 0 Å². The number of nitrogens with two attached hydrogens (primary N) is 1. The number of ether oxygens (including phenoxy) is 1. The van der Waals surface area contributed by atoms with E-state index in [1.807, 2.05) is 7.05 Å². The molecule has 3 fully saturated rings. The first kappa shape index (κ1) is 25.7. The molecule has 1 saturated heterocycles. The Balaban J connectivity index is 1.22. The fourth-order valence-electron chi connectivity index (χ4n) is 6.01. The van der Waals surface area contributed by atoms with Crippen molar-refractivity contribution >= 4 is 28.7 Å². The lowest BCUT2D eigenvalue weighted by Gasteiger charge is -2.36. The number of halogens is 2. The number of hydrogen-bond acceptors (Lipinski definition) is 8. The topological polar surface area (TPSA) is 123 Å². The summed E-state index contributed by atoms with van der Waals surface area (Å²) in [5.74, 6) is 0.920. The number of nitrogens with one attached hydrogen (secondary N) is 2. The highest BCUT2D eigenvalue weighted by atomic mass is 19.3. The largest absolute Gasteiger partial charge is 0.434 e. The van der Waals surface area contributed by atoms with Gasteiger partial charge in [0.15, 0.2) is 5.82 Å². The molecular formula is C27H34F2N8O2. The summed E-state index contributed by atoms with van der Waals surface area (Å²) in [6, 6.07) is 4.68. The SMILES string of the molecule is CN1CCC(NC(=O)c2ccc(Cn3ncc4nc(N)nc(NCC5CC6(CC6)C5)c43)c(OC(F)F)c2)CC1. The molecule has 12 heteroatoms. The quantitative estimate of drug-likeness (QED) is 0.377. The van der Waals surface area contributed by atoms with Gasteiger partial charge in [-0.05, 0) is 82.1 Å². The first-order valence-corrected chi connectivity index (χ1v) is 13.6. The number of likely N-dealkylation sites (tertiary alicyclic amines) is 1. The maximum atomic E-state index is 13.4. The second kappa shape index (κ2) is 10.2. The molecule has 0 radical (unpaired) electrons. The van der Waals surface area contributed by atoms with Gasteiger partial charge < -0.3 is 26.0 Å². The molecule has 0 bridgehead atoms. The predicted octanol–water partition coefficient (Wildman–Crippen LogP) is 3.48. The van der Waals surface area contributed by atoms with Crippen LogP contribution in [0.1, 0.15) is 54.4 Å². The standard InChI is InChI=1S/C27H34F2N8O2/c1-36-8-4-19(5-9-36)33-24(38)17-2-3-18(21(10-17)39-25(28)29)15-37-22-20(14-32-37)34-26(30)35-23(22)31-13-16-11-27(12-16)6-7-27/h2-3,10,14,16,19,25H,4-9,11-13,15H2,1H3,(H,33,38)(H3,30,31,34,35). The summed E-state index contributed by atoms with van der Waals surface area (Å²) in [7, 11) is 2.05. The van der Waals surface area contributed by atoms with Gasteiger partial charge in [-0.2, -0.15) is 18.9 Å². The Morgan fingerprint density at radius 2 is 2.00 bits per heavy atom. The number of benzene rings is 1. The van der Waals surface area contributed by atoms with E-state index in [4.69, 9.17) is 10.5 Å². The lowest BCUT2D eigenvalue weighted by atomic mass is 9.72. The summed E-state index contributed by atoms with van der Waals surface area (Å²) in [5.41, 5.74) is 8.47. The molecule has 208 valence electrons. The summed E-state index contributed by atoms with van der Waals surface area (Å²) in [4.78, 5) is 23.8. The lowest BCUT2D eigenvalue weighted by Crippen LogP contribution is -2.43. The summed E-state index contributed by atoms with van der Waals surface area (Å²) in [6.45, 7) is -0.344. The highest BCUT2D eigenvalue weighted by molar-refractivity contribution is 5.95. The van der Waals surface area contributed by atoms with E-state index in [1.54, 1.807) is 23.0 Å². The van der Waals surface area contributed by atoms with Crippen LogP contribution in [0.5, 0.6) is 5.75 Å². The van der Waals surface area contributed by atoms with Crippen LogP contribution in [0, 0.1) is 11.3 Å². The zero-order valence-electron chi connectivity index (χ0n) is 22.0.